The summed E-state index contributed by atoms with van der Waals surface area (Å²) in [4.78, 5) is 47.9. The topological polar surface area (TPSA) is 137 Å². The number of benzene rings is 3. The summed E-state index contributed by atoms with van der Waals surface area (Å²) in [7, 11) is 0. The van der Waals surface area contributed by atoms with Crippen molar-refractivity contribution in [3.8, 4) is 5.00 Å². The van der Waals surface area contributed by atoms with Crippen LogP contribution in [-0.2, 0) is 20.9 Å². The number of imide groups is 1. The lowest BCUT2D eigenvalue weighted by molar-refractivity contribution is -0.133. The number of aryl methyl sites for hydroxylation is 2. The minimum atomic E-state index is -0.569. The molecule has 1 unspecified atom stereocenters. The highest BCUT2D eigenvalue weighted by molar-refractivity contribution is 7.15. The van der Waals surface area contributed by atoms with Gasteiger partial charge in [0.25, 0.3) is 0 Å². The van der Waals surface area contributed by atoms with Gasteiger partial charge in [0.15, 0.2) is 5.82 Å². The lowest BCUT2D eigenvalue weighted by atomic mass is 9.99. The molecule has 3 aliphatic rings. The van der Waals surface area contributed by atoms with Gasteiger partial charge in [-0.2, -0.15) is 0 Å². The van der Waals surface area contributed by atoms with Gasteiger partial charge >= 0.3 is 0 Å². The SMILES string of the molecule is Cc1sc2c(c1C)C(c1ccc(Cl)cc1)=N[C@@H](CC(=O)Nc1ccc(CN3CCN(c4ccc(NC5CCC(=O)NC5=O)cc4F)CC3)cc1)c1nnc(C)n1-2. The summed E-state index contributed by atoms with van der Waals surface area (Å²) in [6.07, 6.45) is 0.703. The number of nitrogens with one attached hydrogen (secondary N) is 3. The van der Waals surface area contributed by atoms with E-state index in [2.05, 4.69) is 44.9 Å². The Morgan fingerprint density at radius 3 is 2.41 bits per heavy atom. The van der Waals surface area contributed by atoms with Crippen LogP contribution in [0, 0.1) is 26.6 Å². The van der Waals surface area contributed by atoms with Gasteiger partial charge in [-0.05, 0) is 80.8 Å². The summed E-state index contributed by atoms with van der Waals surface area (Å²) in [6.45, 7) is 9.67. The number of nitrogens with zero attached hydrogens (tertiary/aromatic N) is 6. The van der Waals surface area contributed by atoms with Crippen molar-refractivity contribution in [2.45, 2.75) is 58.7 Å². The highest BCUT2D eigenvalue weighted by atomic mass is 35.5. The van der Waals surface area contributed by atoms with Gasteiger partial charge in [0.2, 0.25) is 17.7 Å². The van der Waals surface area contributed by atoms with Crippen molar-refractivity contribution in [2.24, 2.45) is 4.99 Å². The predicted octanol–water partition coefficient (Wildman–Crippen LogP) is 6.51. The summed E-state index contributed by atoms with van der Waals surface area (Å²) >= 11 is 7.92. The van der Waals surface area contributed by atoms with Crippen molar-refractivity contribution < 1.29 is 18.8 Å². The third-order valence-corrected chi connectivity index (χ3v) is 12.1. The number of carbonyl (C=O) groups excluding carboxylic acids is 3. The molecule has 2 fully saturated rings. The first-order valence-corrected chi connectivity index (χ1v) is 19.8. The Labute approximate surface area is 332 Å². The second kappa shape index (κ2) is 15.6. The normalized spacial score (nSPS) is 18.4. The molecule has 8 rings (SSSR count). The minimum absolute atomic E-state index is 0.0773. The van der Waals surface area contributed by atoms with E-state index in [1.165, 1.54) is 10.9 Å². The summed E-state index contributed by atoms with van der Waals surface area (Å²) in [5.41, 5.74) is 6.67. The van der Waals surface area contributed by atoms with Crippen molar-refractivity contribution in [3.05, 3.63) is 116 Å². The molecule has 3 aromatic carbocycles. The average Bonchev–Trinajstić information content (AvgIpc) is 3.66. The van der Waals surface area contributed by atoms with Crippen molar-refractivity contribution in [2.75, 3.05) is 41.7 Å². The molecular weight excluding hydrogens is 753 g/mol. The molecule has 0 radical (unpaired) electrons. The number of rotatable bonds is 9. The number of hydrogen-bond acceptors (Lipinski definition) is 10. The van der Waals surface area contributed by atoms with Crippen LogP contribution >= 0.6 is 22.9 Å². The highest BCUT2D eigenvalue weighted by Crippen LogP contribution is 2.40. The molecule has 56 heavy (non-hydrogen) atoms. The van der Waals surface area contributed by atoms with E-state index in [1.54, 1.807) is 23.5 Å². The number of piperidine rings is 1. The second-order valence-corrected chi connectivity index (χ2v) is 16.1. The van der Waals surface area contributed by atoms with E-state index in [0.717, 1.165) is 58.4 Å². The first-order chi connectivity index (χ1) is 27.0. The van der Waals surface area contributed by atoms with Crippen LogP contribution in [0.25, 0.3) is 5.00 Å². The zero-order chi connectivity index (χ0) is 39.1. The summed E-state index contributed by atoms with van der Waals surface area (Å²) < 4.78 is 17.2. The van der Waals surface area contributed by atoms with Gasteiger partial charge in [-0.15, -0.1) is 21.5 Å². The molecule has 3 aliphatic heterocycles. The van der Waals surface area contributed by atoms with E-state index in [-0.39, 0.29) is 30.5 Å². The number of thiophene rings is 1. The van der Waals surface area contributed by atoms with E-state index < -0.39 is 18.0 Å². The third kappa shape index (κ3) is 7.68. The van der Waals surface area contributed by atoms with Gasteiger partial charge in [0, 0.05) is 71.5 Å². The number of anilines is 3. The van der Waals surface area contributed by atoms with Crippen LogP contribution in [0.15, 0.2) is 71.7 Å². The minimum Gasteiger partial charge on any atom is -0.374 e. The Morgan fingerprint density at radius 2 is 1.70 bits per heavy atom. The van der Waals surface area contributed by atoms with Crippen LogP contribution in [0.5, 0.6) is 0 Å². The number of carbonyl (C=O) groups is 3. The molecule has 2 saturated heterocycles. The van der Waals surface area contributed by atoms with Crippen LogP contribution < -0.4 is 20.9 Å². The fraction of sp³-hybridized carbons (Fsp3) is 0.317. The van der Waals surface area contributed by atoms with Crippen molar-refractivity contribution in [1.82, 2.24) is 25.0 Å². The van der Waals surface area contributed by atoms with Crippen LogP contribution in [0.1, 0.15) is 64.1 Å². The quantitative estimate of drug-likeness (QED) is 0.144. The van der Waals surface area contributed by atoms with Gasteiger partial charge < -0.3 is 15.5 Å². The summed E-state index contributed by atoms with van der Waals surface area (Å²) in [5.74, 6) is 0.134. The van der Waals surface area contributed by atoms with Crippen LogP contribution in [-0.4, -0.2) is 75.3 Å². The molecular formula is C41H41ClFN9O3S. The number of hydrogen-bond donors (Lipinski definition) is 3. The number of aromatic nitrogens is 3. The maximum absolute atomic E-state index is 15.2. The number of piperazine rings is 1. The van der Waals surface area contributed by atoms with Gasteiger partial charge in [-0.3, -0.25) is 34.2 Å². The second-order valence-electron chi connectivity index (χ2n) is 14.4. The molecule has 5 aromatic rings. The van der Waals surface area contributed by atoms with Crippen molar-refractivity contribution >= 4 is 63.4 Å². The number of halogens is 2. The van der Waals surface area contributed by atoms with E-state index >= 15 is 4.39 Å². The van der Waals surface area contributed by atoms with E-state index in [4.69, 9.17) is 16.6 Å². The molecule has 0 saturated carbocycles. The molecule has 5 heterocycles. The molecule has 12 nitrogen and oxygen atoms in total. The monoisotopic (exact) mass is 793 g/mol. The Kier molecular flexibility index (Phi) is 10.4. The van der Waals surface area contributed by atoms with Crippen LogP contribution in [0.3, 0.4) is 0 Å². The zero-order valence-corrected chi connectivity index (χ0v) is 32.8. The van der Waals surface area contributed by atoms with Gasteiger partial charge in [0.05, 0.1) is 17.8 Å². The smallest absolute Gasteiger partial charge is 0.249 e. The maximum atomic E-state index is 15.2. The first kappa shape index (κ1) is 37.5. The maximum Gasteiger partial charge on any atom is 0.249 e. The Balaban J connectivity index is 0.888. The number of amides is 3. The van der Waals surface area contributed by atoms with E-state index in [0.29, 0.717) is 47.4 Å². The van der Waals surface area contributed by atoms with Crippen molar-refractivity contribution in [3.63, 3.8) is 0 Å². The fourth-order valence-electron chi connectivity index (χ4n) is 7.50. The average molecular weight is 794 g/mol. The Hall–Kier alpha value is -5.44. The largest absolute Gasteiger partial charge is 0.374 e. The molecule has 288 valence electrons. The van der Waals surface area contributed by atoms with Gasteiger partial charge in [-0.1, -0.05) is 35.9 Å². The van der Waals surface area contributed by atoms with Gasteiger partial charge in [-0.25, -0.2) is 4.39 Å². The van der Waals surface area contributed by atoms with Crippen LogP contribution in [0.2, 0.25) is 5.02 Å². The lowest BCUT2D eigenvalue weighted by Gasteiger charge is -2.36. The number of aliphatic imine (C=N–C) groups is 1. The third-order valence-electron chi connectivity index (χ3n) is 10.6. The molecule has 15 heteroatoms. The standard InChI is InChI=1S/C41H41ClFN9O3S/c1-23-24(2)56-41-37(23)38(27-6-8-28(42)9-7-27)46-33(39-49-48-25(3)52(39)41)21-36(54)45-29-10-4-26(5-11-29)22-50-16-18-51(19-17-50)34-14-12-30(20-31(34)43)44-32-13-15-35(53)47-40(32)55/h4-12,14,20,32-33,44H,13,15-19,21-22H2,1-3H3,(H,45,54)(H,47,53,55)/t32?,33-/m0/s1. The molecule has 2 aromatic heterocycles. The van der Waals surface area contributed by atoms with Crippen LogP contribution in [0.4, 0.5) is 21.5 Å². The molecule has 0 bridgehead atoms. The van der Waals surface area contributed by atoms with Gasteiger partial charge in [0.1, 0.15) is 28.7 Å². The van der Waals surface area contributed by atoms with E-state index in [1.807, 2.05) is 64.9 Å². The molecule has 0 spiro atoms. The molecule has 2 atom stereocenters. The Bertz CT molecular complexity index is 2350. The Morgan fingerprint density at radius 1 is 0.964 bits per heavy atom. The fourth-order valence-corrected chi connectivity index (χ4v) is 8.84. The first-order valence-electron chi connectivity index (χ1n) is 18.6. The molecule has 0 aliphatic carbocycles. The number of fused-ring (bicyclic) bond motifs is 3. The molecule has 3 N–H and O–H groups in total. The zero-order valence-electron chi connectivity index (χ0n) is 31.2. The highest BCUT2D eigenvalue weighted by Gasteiger charge is 2.33. The summed E-state index contributed by atoms with van der Waals surface area (Å²) in [5, 5.41) is 19.0. The van der Waals surface area contributed by atoms with E-state index in [9.17, 15) is 14.4 Å². The lowest BCUT2D eigenvalue weighted by Crippen LogP contribution is -2.47. The summed E-state index contributed by atoms with van der Waals surface area (Å²) in [6, 6.07) is 19.2. The predicted molar refractivity (Wildman–Crippen MR) is 217 cm³/mol. The molecule has 3 amide bonds. The van der Waals surface area contributed by atoms with Crippen molar-refractivity contribution in [1.29, 1.82) is 0 Å².